The third-order valence-electron chi connectivity index (χ3n) is 4.08. The van der Waals surface area contributed by atoms with Crippen molar-refractivity contribution in [1.82, 2.24) is 19.9 Å². The number of aryl methyl sites for hydroxylation is 1. The van der Waals surface area contributed by atoms with E-state index in [1.807, 2.05) is 29.8 Å². The second-order valence-electron chi connectivity index (χ2n) is 5.57. The fraction of sp³-hybridized carbons (Fsp3) is 0.438. The molecule has 110 valence electrons. The van der Waals surface area contributed by atoms with Crippen LogP contribution in [0.5, 0.6) is 0 Å². The molecule has 1 saturated carbocycles. The van der Waals surface area contributed by atoms with Crippen molar-refractivity contribution in [2.75, 3.05) is 0 Å². The average molecular weight is 284 g/mol. The van der Waals surface area contributed by atoms with Crippen molar-refractivity contribution in [2.45, 2.75) is 39.2 Å². The van der Waals surface area contributed by atoms with Gasteiger partial charge in [-0.3, -0.25) is 9.36 Å². The third-order valence-corrected chi connectivity index (χ3v) is 4.08. The lowest BCUT2D eigenvalue weighted by atomic mass is 10.1. The van der Waals surface area contributed by atoms with E-state index in [4.69, 9.17) is 0 Å². The number of amides is 1. The van der Waals surface area contributed by atoms with Crippen LogP contribution in [0.1, 0.15) is 37.1 Å². The van der Waals surface area contributed by atoms with Crippen molar-refractivity contribution in [1.29, 1.82) is 0 Å². The fourth-order valence-corrected chi connectivity index (χ4v) is 2.84. The van der Waals surface area contributed by atoms with E-state index >= 15 is 0 Å². The first-order valence-electron chi connectivity index (χ1n) is 7.47. The first-order valence-corrected chi connectivity index (χ1v) is 7.47. The maximum Gasteiger partial charge on any atom is 0.223 e. The van der Waals surface area contributed by atoms with Crippen LogP contribution in [0.4, 0.5) is 0 Å². The van der Waals surface area contributed by atoms with Crippen molar-refractivity contribution in [3.05, 3.63) is 42.1 Å². The summed E-state index contributed by atoms with van der Waals surface area (Å²) in [6.45, 7) is 2.49. The average Bonchev–Trinajstić information content (AvgIpc) is 3.16. The monoisotopic (exact) mass is 284 g/mol. The lowest BCUT2D eigenvalue weighted by molar-refractivity contribution is -0.124. The molecule has 2 aromatic rings. The van der Waals surface area contributed by atoms with Crippen LogP contribution in [0.25, 0.3) is 5.82 Å². The number of imidazole rings is 1. The molecule has 1 fully saturated rings. The van der Waals surface area contributed by atoms with E-state index in [0.29, 0.717) is 6.54 Å². The van der Waals surface area contributed by atoms with Crippen molar-refractivity contribution >= 4 is 5.91 Å². The molecule has 5 nitrogen and oxygen atoms in total. The molecule has 0 saturated heterocycles. The lowest BCUT2D eigenvalue weighted by Crippen LogP contribution is -2.28. The minimum atomic E-state index is 0.185. The fourth-order valence-electron chi connectivity index (χ4n) is 2.84. The summed E-state index contributed by atoms with van der Waals surface area (Å²) < 4.78 is 1.93. The summed E-state index contributed by atoms with van der Waals surface area (Å²) in [6.07, 6.45) is 9.83. The van der Waals surface area contributed by atoms with Gasteiger partial charge in [0.2, 0.25) is 5.91 Å². The Kier molecular flexibility index (Phi) is 3.99. The van der Waals surface area contributed by atoms with E-state index in [1.54, 1.807) is 12.4 Å². The highest BCUT2D eigenvalue weighted by Gasteiger charge is 2.22. The summed E-state index contributed by atoms with van der Waals surface area (Å²) >= 11 is 0. The Morgan fingerprint density at radius 1 is 1.33 bits per heavy atom. The maximum atomic E-state index is 12.0. The molecule has 5 heteroatoms. The Morgan fingerprint density at radius 2 is 2.14 bits per heavy atom. The molecule has 1 aliphatic rings. The first kappa shape index (κ1) is 13.8. The molecule has 2 aromatic heterocycles. The number of carbonyl (C=O) groups excluding carboxylic acids is 1. The third kappa shape index (κ3) is 3.12. The number of carbonyl (C=O) groups is 1. The summed E-state index contributed by atoms with van der Waals surface area (Å²) in [4.78, 5) is 20.6. The molecule has 0 unspecified atom stereocenters. The molecular formula is C16H20N4O. The van der Waals surface area contributed by atoms with Crippen LogP contribution >= 0.6 is 0 Å². The van der Waals surface area contributed by atoms with Gasteiger partial charge in [0.15, 0.2) is 0 Å². The molecule has 21 heavy (non-hydrogen) atoms. The van der Waals surface area contributed by atoms with Crippen LogP contribution in [-0.4, -0.2) is 20.4 Å². The number of hydrogen-bond acceptors (Lipinski definition) is 3. The van der Waals surface area contributed by atoms with Gasteiger partial charge in [0, 0.05) is 31.1 Å². The molecule has 1 amide bonds. The SMILES string of the molecule is Cc1nccn1-c1cc(CNC(=O)C2CCCC2)ccn1. The van der Waals surface area contributed by atoms with Gasteiger partial charge in [-0.2, -0.15) is 0 Å². The number of nitrogens with one attached hydrogen (secondary N) is 1. The minimum Gasteiger partial charge on any atom is -0.352 e. The van der Waals surface area contributed by atoms with Gasteiger partial charge < -0.3 is 5.32 Å². The smallest absolute Gasteiger partial charge is 0.223 e. The van der Waals surface area contributed by atoms with E-state index in [1.165, 1.54) is 12.8 Å². The Hall–Kier alpha value is -2.17. The standard InChI is InChI=1S/C16H20N4O/c1-12-17-8-9-20(12)15-10-13(6-7-18-15)11-19-16(21)14-4-2-3-5-14/h6-10,14H,2-5,11H2,1H3,(H,19,21). The molecule has 0 atom stereocenters. The predicted molar refractivity (Wildman–Crippen MR) is 79.9 cm³/mol. The highest BCUT2D eigenvalue weighted by Crippen LogP contribution is 2.24. The van der Waals surface area contributed by atoms with Gasteiger partial charge in [0.05, 0.1) is 0 Å². The second kappa shape index (κ2) is 6.08. The Morgan fingerprint density at radius 3 is 2.86 bits per heavy atom. The molecule has 0 bridgehead atoms. The number of rotatable bonds is 4. The second-order valence-corrected chi connectivity index (χ2v) is 5.57. The van der Waals surface area contributed by atoms with Gasteiger partial charge >= 0.3 is 0 Å². The van der Waals surface area contributed by atoms with E-state index in [-0.39, 0.29) is 11.8 Å². The van der Waals surface area contributed by atoms with Gasteiger partial charge in [0.25, 0.3) is 0 Å². The van der Waals surface area contributed by atoms with Gasteiger partial charge in [-0.1, -0.05) is 12.8 Å². The Balaban J connectivity index is 1.66. The molecular weight excluding hydrogens is 264 g/mol. The molecule has 2 heterocycles. The van der Waals surface area contributed by atoms with Crippen molar-refractivity contribution < 1.29 is 4.79 Å². The number of nitrogens with zero attached hydrogens (tertiary/aromatic N) is 3. The van der Waals surface area contributed by atoms with Crippen molar-refractivity contribution in [2.24, 2.45) is 5.92 Å². The van der Waals surface area contributed by atoms with Gasteiger partial charge in [-0.15, -0.1) is 0 Å². The molecule has 0 aromatic carbocycles. The van der Waals surface area contributed by atoms with E-state index < -0.39 is 0 Å². The largest absolute Gasteiger partial charge is 0.352 e. The zero-order chi connectivity index (χ0) is 14.7. The zero-order valence-corrected chi connectivity index (χ0v) is 12.2. The topological polar surface area (TPSA) is 59.8 Å². The highest BCUT2D eigenvalue weighted by atomic mass is 16.1. The van der Waals surface area contributed by atoms with Crippen LogP contribution in [0.2, 0.25) is 0 Å². The maximum absolute atomic E-state index is 12.0. The van der Waals surface area contributed by atoms with Gasteiger partial charge in [-0.05, 0) is 37.5 Å². The summed E-state index contributed by atoms with van der Waals surface area (Å²) in [5, 5.41) is 3.04. The van der Waals surface area contributed by atoms with E-state index in [9.17, 15) is 4.79 Å². The molecule has 1 N–H and O–H groups in total. The molecule has 0 radical (unpaired) electrons. The van der Waals surface area contributed by atoms with Crippen LogP contribution in [0.15, 0.2) is 30.7 Å². The molecule has 0 spiro atoms. The van der Waals surface area contributed by atoms with E-state index in [0.717, 1.165) is 30.0 Å². The highest BCUT2D eigenvalue weighted by molar-refractivity contribution is 5.78. The molecule has 1 aliphatic carbocycles. The van der Waals surface area contributed by atoms with Crippen molar-refractivity contribution in [3.63, 3.8) is 0 Å². The zero-order valence-electron chi connectivity index (χ0n) is 12.2. The van der Waals surface area contributed by atoms with Crippen LogP contribution in [0, 0.1) is 12.8 Å². The number of aromatic nitrogens is 3. The van der Waals surface area contributed by atoms with E-state index in [2.05, 4.69) is 15.3 Å². The minimum absolute atomic E-state index is 0.185. The Labute approximate surface area is 124 Å². The first-order chi connectivity index (χ1) is 10.2. The summed E-state index contributed by atoms with van der Waals surface area (Å²) in [6, 6.07) is 3.92. The van der Waals surface area contributed by atoms with Gasteiger partial charge in [-0.25, -0.2) is 9.97 Å². The summed E-state index contributed by atoms with van der Waals surface area (Å²) in [5.41, 5.74) is 1.06. The molecule has 0 aliphatic heterocycles. The summed E-state index contributed by atoms with van der Waals surface area (Å²) in [7, 11) is 0. The summed E-state index contributed by atoms with van der Waals surface area (Å²) in [5.74, 6) is 2.12. The quantitative estimate of drug-likeness (QED) is 0.937. The number of hydrogen-bond donors (Lipinski definition) is 1. The van der Waals surface area contributed by atoms with Crippen LogP contribution in [-0.2, 0) is 11.3 Å². The molecule has 3 rings (SSSR count). The Bertz CT molecular complexity index is 629. The number of pyridine rings is 1. The van der Waals surface area contributed by atoms with Crippen LogP contribution in [0.3, 0.4) is 0 Å². The normalized spacial score (nSPS) is 15.3. The van der Waals surface area contributed by atoms with Crippen molar-refractivity contribution in [3.8, 4) is 5.82 Å². The van der Waals surface area contributed by atoms with Crippen LogP contribution < -0.4 is 5.32 Å². The lowest BCUT2D eigenvalue weighted by Gasteiger charge is -2.11. The predicted octanol–water partition coefficient (Wildman–Crippen LogP) is 2.38. The van der Waals surface area contributed by atoms with Gasteiger partial charge in [0.1, 0.15) is 11.6 Å².